The molecule has 3 aromatic rings. The lowest BCUT2D eigenvalue weighted by atomic mass is 10.0. The summed E-state index contributed by atoms with van der Waals surface area (Å²) >= 11 is 0. The molecule has 3 heterocycles. The van der Waals surface area contributed by atoms with Crippen LogP contribution >= 0.6 is 0 Å². The number of imide groups is 1. The third-order valence-electron chi connectivity index (χ3n) is 6.59. The lowest BCUT2D eigenvalue weighted by Crippen LogP contribution is -2.44. The van der Waals surface area contributed by atoms with Gasteiger partial charge in [-0.15, -0.1) is 0 Å². The Morgan fingerprint density at radius 3 is 2.58 bits per heavy atom. The summed E-state index contributed by atoms with van der Waals surface area (Å²) in [6.45, 7) is 5.64. The van der Waals surface area contributed by atoms with E-state index in [4.69, 9.17) is 4.74 Å². The van der Waals surface area contributed by atoms with Gasteiger partial charge in [0.15, 0.2) is 0 Å². The minimum Gasteiger partial charge on any atom is -0.497 e. The van der Waals surface area contributed by atoms with Gasteiger partial charge in [0.25, 0.3) is 5.91 Å². The number of amides is 2. The van der Waals surface area contributed by atoms with Crippen LogP contribution in [-0.4, -0.2) is 41.4 Å². The molecule has 6 heteroatoms. The van der Waals surface area contributed by atoms with Crippen LogP contribution in [0.2, 0.25) is 0 Å². The second-order valence-electron chi connectivity index (χ2n) is 8.75. The summed E-state index contributed by atoms with van der Waals surface area (Å²) in [4.78, 5) is 33.0. The summed E-state index contributed by atoms with van der Waals surface area (Å²) in [5.41, 5.74) is 5.33. The van der Waals surface area contributed by atoms with Gasteiger partial charge in [0.05, 0.1) is 25.3 Å². The molecule has 1 fully saturated rings. The Labute approximate surface area is 181 Å². The van der Waals surface area contributed by atoms with Crippen molar-refractivity contribution in [3.8, 4) is 5.75 Å². The number of anilines is 1. The SMILES string of the molecule is COc1ccc2[nH]c3c(c2c1)CCN([C@@H]1CC(=O)N(c2ccc(C(C)C)cc2)C1=O)C3. The van der Waals surface area contributed by atoms with E-state index in [2.05, 4.69) is 29.8 Å². The van der Waals surface area contributed by atoms with E-state index in [9.17, 15) is 9.59 Å². The van der Waals surface area contributed by atoms with Crippen LogP contribution < -0.4 is 9.64 Å². The quantitative estimate of drug-likeness (QED) is 0.652. The maximum atomic E-state index is 13.2. The van der Waals surface area contributed by atoms with Crippen molar-refractivity contribution in [3.63, 3.8) is 0 Å². The van der Waals surface area contributed by atoms with Crippen molar-refractivity contribution in [2.45, 2.75) is 45.2 Å². The minimum atomic E-state index is -0.411. The number of aromatic nitrogens is 1. The Morgan fingerprint density at radius 1 is 1.10 bits per heavy atom. The van der Waals surface area contributed by atoms with Crippen LogP contribution in [0, 0.1) is 0 Å². The highest BCUT2D eigenvalue weighted by atomic mass is 16.5. The molecule has 0 saturated carbocycles. The van der Waals surface area contributed by atoms with Crippen LogP contribution in [0.4, 0.5) is 5.69 Å². The number of hydrogen-bond acceptors (Lipinski definition) is 4. The molecule has 0 radical (unpaired) electrons. The Balaban J connectivity index is 1.38. The number of benzene rings is 2. The largest absolute Gasteiger partial charge is 0.497 e. The molecule has 1 N–H and O–H groups in total. The van der Waals surface area contributed by atoms with Gasteiger partial charge in [-0.1, -0.05) is 26.0 Å². The fraction of sp³-hybridized carbons (Fsp3) is 0.360. The molecular formula is C25H27N3O3. The zero-order valence-electron chi connectivity index (χ0n) is 18.1. The number of ether oxygens (including phenoxy) is 1. The van der Waals surface area contributed by atoms with Crippen molar-refractivity contribution in [3.05, 3.63) is 59.3 Å². The van der Waals surface area contributed by atoms with Crippen molar-refractivity contribution in [1.29, 1.82) is 0 Å². The first-order valence-electron chi connectivity index (χ1n) is 10.8. The number of fused-ring (bicyclic) bond motifs is 3. The first-order valence-corrected chi connectivity index (χ1v) is 10.8. The molecule has 1 atom stereocenters. The first kappa shape index (κ1) is 19.8. The lowest BCUT2D eigenvalue weighted by molar-refractivity contribution is -0.123. The molecule has 0 bridgehead atoms. The normalized spacial score (nSPS) is 19.5. The highest BCUT2D eigenvalue weighted by molar-refractivity contribution is 6.22. The lowest BCUT2D eigenvalue weighted by Gasteiger charge is -2.30. The maximum Gasteiger partial charge on any atom is 0.251 e. The van der Waals surface area contributed by atoms with Crippen molar-refractivity contribution in [2.75, 3.05) is 18.6 Å². The molecule has 5 rings (SSSR count). The van der Waals surface area contributed by atoms with Gasteiger partial charge >= 0.3 is 0 Å². The molecule has 2 aliphatic rings. The Hall–Kier alpha value is -3.12. The fourth-order valence-electron chi connectivity index (χ4n) is 4.81. The van der Waals surface area contributed by atoms with E-state index in [1.54, 1.807) is 7.11 Å². The summed E-state index contributed by atoms with van der Waals surface area (Å²) in [5.74, 6) is 1.00. The van der Waals surface area contributed by atoms with Crippen LogP contribution in [-0.2, 0) is 22.6 Å². The monoisotopic (exact) mass is 417 g/mol. The Kier molecular flexibility index (Phi) is 4.82. The van der Waals surface area contributed by atoms with Crippen molar-refractivity contribution < 1.29 is 14.3 Å². The molecule has 2 aromatic carbocycles. The summed E-state index contributed by atoms with van der Waals surface area (Å²) in [6.07, 6.45) is 1.07. The molecule has 160 valence electrons. The van der Waals surface area contributed by atoms with Gasteiger partial charge in [-0.25, -0.2) is 4.90 Å². The number of rotatable bonds is 4. The van der Waals surface area contributed by atoms with Crippen LogP contribution in [0.5, 0.6) is 5.75 Å². The van der Waals surface area contributed by atoms with E-state index >= 15 is 0 Å². The zero-order chi connectivity index (χ0) is 21.7. The predicted octanol–water partition coefficient (Wildman–Crippen LogP) is 3.99. The maximum absolute atomic E-state index is 13.2. The van der Waals surface area contributed by atoms with Crippen molar-refractivity contribution >= 4 is 28.4 Å². The molecule has 1 saturated heterocycles. The summed E-state index contributed by atoms with van der Waals surface area (Å²) in [5, 5.41) is 1.18. The van der Waals surface area contributed by atoms with Gasteiger partial charge in [0, 0.05) is 29.7 Å². The van der Waals surface area contributed by atoms with E-state index in [1.165, 1.54) is 21.4 Å². The molecule has 31 heavy (non-hydrogen) atoms. The summed E-state index contributed by atoms with van der Waals surface area (Å²) < 4.78 is 5.37. The Morgan fingerprint density at radius 2 is 1.87 bits per heavy atom. The third kappa shape index (κ3) is 3.31. The minimum absolute atomic E-state index is 0.122. The summed E-state index contributed by atoms with van der Waals surface area (Å²) in [6, 6.07) is 13.4. The molecule has 0 aliphatic carbocycles. The molecule has 2 aliphatic heterocycles. The van der Waals surface area contributed by atoms with Gasteiger partial charge in [-0.05, 0) is 53.8 Å². The second kappa shape index (κ2) is 7.54. The van der Waals surface area contributed by atoms with E-state index in [0.29, 0.717) is 18.2 Å². The predicted molar refractivity (Wildman–Crippen MR) is 120 cm³/mol. The summed E-state index contributed by atoms with van der Waals surface area (Å²) in [7, 11) is 1.67. The van der Waals surface area contributed by atoms with Crippen molar-refractivity contribution in [2.24, 2.45) is 0 Å². The highest BCUT2D eigenvalue weighted by Gasteiger charge is 2.43. The molecule has 0 spiro atoms. The van der Waals surface area contributed by atoms with E-state index in [1.807, 2.05) is 36.4 Å². The fourth-order valence-corrected chi connectivity index (χ4v) is 4.81. The first-order chi connectivity index (χ1) is 15.0. The van der Waals surface area contributed by atoms with Crippen LogP contribution in [0.15, 0.2) is 42.5 Å². The average Bonchev–Trinajstić information content (AvgIpc) is 3.29. The molecule has 0 unspecified atom stereocenters. The molecular weight excluding hydrogens is 390 g/mol. The topological polar surface area (TPSA) is 65.6 Å². The van der Waals surface area contributed by atoms with Gasteiger partial charge in [-0.2, -0.15) is 0 Å². The Bertz CT molecular complexity index is 1160. The standard InChI is InChI=1S/C25H27N3O3/c1-15(2)16-4-6-17(7-5-16)28-24(29)13-23(25(28)30)27-11-10-19-20-12-18(31-3)8-9-21(20)26-22(19)14-27/h4-9,12,15,23,26H,10-11,13-14H2,1-3H3/t23-/m1/s1. The number of H-pyrrole nitrogens is 1. The molecule has 1 aromatic heterocycles. The molecule has 6 nitrogen and oxygen atoms in total. The van der Waals surface area contributed by atoms with Gasteiger partial charge in [-0.3, -0.25) is 14.5 Å². The number of carbonyl (C=O) groups is 2. The van der Waals surface area contributed by atoms with Gasteiger partial charge in [0.1, 0.15) is 5.75 Å². The number of hydrogen-bond donors (Lipinski definition) is 1. The second-order valence-corrected chi connectivity index (χ2v) is 8.75. The van der Waals surface area contributed by atoms with Crippen LogP contribution in [0.3, 0.4) is 0 Å². The number of nitrogens with zero attached hydrogens (tertiary/aromatic N) is 2. The van der Waals surface area contributed by atoms with E-state index < -0.39 is 6.04 Å². The van der Waals surface area contributed by atoms with Gasteiger partial charge < -0.3 is 9.72 Å². The number of nitrogens with one attached hydrogen (secondary N) is 1. The van der Waals surface area contributed by atoms with E-state index in [0.717, 1.165) is 29.9 Å². The molecule has 2 amide bonds. The smallest absolute Gasteiger partial charge is 0.251 e. The zero-order valence-corrected chi connectivity index (χ0v) is 18.1. The number of methoxy groups -OCH3 is 1. The van der Waals surface area contributed by atoms with Crippen LogP contribution in [0.25, 0.3) is 10.9 Å². The highest BCUT2D eigenvalue weighted by Crippen LogP contribution is 2.33. The van der Waals surface area contributed by atoms with Crippen LogP contribution in [0.1, 0.15) is 43.0 Å². The van der Waals surface area contributed by atoms with E-state index in [-0.39, 0.29) is 18.2 Å². The van der Waals surface area contributed by atoms with Crippen molar-refractivity contribution in [1.82, 2.24) is 9.88 Å². The number of carbonyl (C=O) groups excluding carboxylic acids is 2. The van der Waals surface area contributed by atoms with Gasteiger partial charge in [0.2, 0.25) is 5.91 Å². The average molecular weight is 418 g/mol. The third-order valence-corrected chi connectivity index (χ3v) is 6.59. The number of aromatic amines is 1.